The molecule has 0 aliphatic rings. The van der Waals surface area contributed by atoms with Crippen molar-refractivity contribution in [2.75, 3.05) is 26.4 Å². The van der Waals surface area contributed by atoms with Gasteiger partial charge in [-0.3, -0.25) is 0 Å². The van der Waals surface area contributed by atoms with Gasteiger partial charge in [0.1, 0.15) is 0 Å². The van der Waals surface area contributed by atoms with Crippen LogP contribution in [-0.4, -0.2) is 58.0 Å². The Balaban J connectivity index is 3.79. The van der Waals surface area contributed by atoms with Gasteiger partial charge in [-0.05, 0) is 38.5 Å². The molecule has 0 heterocycles. The topological polar surface area (TPSA) is 36.9 Å². The van der Waals surface area contributed by atoms with Crippen LogP contribution in [0.3, 0.4) is 0 Å². The van der Waals surface area contributed by atoms with Crippen LogP contribution < -0.4 is 0 Å². The van der Waals surface area contributed by atoms with E-state index in [4.69, 9.17) is 18.9 Å². The van der Waals surface area contributed by atoms with Gasteiger partial charge in [0.25, 0.3) is 0 Å². The summed E-state index contributed by atoms with van der Waals surface area (Å²) in [4.78, 5) is 0. The maximum absolute atomic E-state index is 5.94. The van der Waals surface area contributed by atoms with Gasteiger partial charge in [0.2, 0.25) is 0 Å². The van der Waals surface area contributed by atoms with Gasteiger partial charge in [-0.2, -0.15) is 0 Å². The molecule has 4 nitrogen and oxygen atoms in total. The second-order valence-corrected chi connectivity index (χ2v) is 10.8. The molecular formula is C24H50O4Si2. The molecule has 0 N–H and O–H groups in total. The Kier molecular flexibility index (Phi) is 25.8. The van der Waals surface area contributed by atoms with Crippen molar-refractivity contribution in [2.45, 2.75) is 129 Å². The van der Waals surface area contributed by atoms with E-state index in [1.165, 1.54) is 49.9 Å². The molecule has 0 aliphatic heterocycles. The van der Waals surface area contributed by atoms with Gasteiger partial charge >= 0.3 is 0 Å². The van der Waals surface area contributed by atoms with Gasteiger partial charge in [-0.15, -0.1) is 0 Å². The summed E-state index contributed by atoms with van der Waals surface area (Å²) in [6.07, 6.45) is 11.4. The van der Waals surface area contributed by atoms with E-state index >= 15 is 0 Å². The van der Waals surface area contributed by atoms with Crippen molar-refractivity contribution < 1.29 is 18.9 Å². The predicted octanol–water partition coefficient (Wildman–Crippen LogP) is 6.77. The fraction of sp³-hybridized carbons (Fsp3) is 1.00. The zero-order chi connectivity index (χ0) is 22.1. The molecular weight excluding hydrogens is 408 g/mol. The Morgan fingerprint density at radius 2 is 0.767 bits per heavy atom. The minimum absolute atomic E-state index is 0.0133. The van der Waals surface area contributed by atoms with Gasteiger partial charge in [0.05, 0.1) is 0 Å². The molecule has 0 saturated heterocycles. The molecule has 0 fully saturated rings. The number of unbranched alkanes of at least 4 members (excludes halogenated alkanes) is 4. The second-order valence-electron chi connectivity index (χ2n) is 7.83. The molecule has 178 valence electrons. The molecule has 0 aromatic rings. The van der Waals surface area contributed by atoms with Crippen molar-refractivity contribution in [1.82, 2.24) is 0 Å². The van der Waals surface area contributed by atoms with E-state index in [1.807, 2.05) is 0 Å². The molecule has 0 amide bonds. The van der Waals surface area contributed by atoms with E-state index < -0.39 is 0 Å². The molecule has 4 radical (unpaired) electrons. The maximum Gasteiger partial charge on any atom is 0.157 e. The lowest BCUT2D eigenvalue weighted by molar-refractivity contribution is -0.144. The van der Waals surface area contributed by atoms with Crippen LogP contribution in [0.1, 0.15) is 91.9 Å². The summed E-state index contributed by atoms with van der Waals surface area (Å²) < 4.78 is 23.7. The van der Waals surface area contributed by atoms with E-state index in [9.17, 15) is 0 Å². The first-order chi connectivity index (χ1) is 14.8. The van der Waals surface area contributed by atoms with Crippen LogP contribution in [0, 0.1) is 0 Å². The molecule has 0 rings (SSSR count). The largest absolute Gasteiger partial charge is 0.353 e. The molecule has 6 heteroatoms. The first kappa shape index (κ1) is 30.3. The van der Waals surface area contributed by atoms with E-state index in [0.717, 1.165) is 84.0 Å². The summed E-state index contributed by atoms with van der Waals surface area (Å²) in [6, 6.07) is 5.15. The van der Waals surface area contributed by atoms with Crippen molar-refractivity contribution in [2.24, 2.45) is 0 Å². The summed E-state index contributed by atoms with van der Waals surface area (Å²) in [5.74, 6) is 0. The normalized spacial score (nSPS) is 11.8. The number of rotatable bonds is 25. The highest BCUT2D eigenvalue weighted by Gasteiger charge is 2.10. The lowest BCUT2D eigenvalue weighted by Crippen LogP contribution is -2.19. The molecule has 0 bridgehead atoms. The first-order valence-corrected chi connectivity index (χ1v) is 15.5. The zero-order valence-corrected chi connectivity index (χ0v) is 22.5. The van der Waals surface area contributed by atoms with Gasteiger partial charge in [-0.25, -0.2) is 0 Å². The minimum Gasteiger partial charge on any atom is -0.353 e. The standard InChI is InChI=1S/C24H50O4Si2/c1-5-9-15-25-23(26-16-10-6-2)13-19-29-21-22-30-20-14-24(27-17-11-7-3)28-18-12-8-4/h23-24H,5-22H2,1-4H3. The Morgan fingerprint density at radius 3 is 1.03 bits per heavy atom. The highest BCUT2D eigenvalue weighted by Crippen LogP contribution is 2.11. The van der Waals surface area contributed by atoms with Crippen molar-refractivity contribution in [3.8, 4) is 0 Å². The van der Waals surface area contributed by atoms with Crippen LogP contribution in [0.5, 0.6) is 0 Å². The van der Waals surface area contributed by atoms with E-state index in [-0.39, 0.29) is 12.6 Å². The quantitative estimate of drug-likeness (QED) is 0.0859. The Labute approximate surface area is 193 Å². The number of hydrogen-bond donors (Lipinski definition) is 0. The zero-order valence-electron chi connectivity index (χ0n) is 20.5. The Bertz CT molecular complexity index is 272. The first-order valence-electron chi connectivity index (χ1n) is 12.7. The highest BCUT2D eigenvalue weighted by atomic mass is 28.2. The third-order valence-corrected chi connectivity index (χ3v) is 7.79. The maximum atomic E-state index is 5.94. The van der Waals surface area contributed by atoms with E-state index in [0.29, 0.717) is 0 Å². The lowest BCUT2D eigenvalue weighted by atomic mass is 10.3. The van der Waals surface area contributed by atoms with Crippen LogP contribution in [0.4, 0.5) is 0 Å². The summed E-state index contributed by atoms with van der Waals surface area (Å²) in [6.45, 7) is 12.1. The highest BCUT2D eigenvalue weighted by molar-refractivity contribution is 6.42. The molecule has 0 unspecified atom stereocenters. The summed E-state index contributed by atoms with van der Waals surface area (Å²) in [7, 11) is 2.05. The van der Waals surface area contributed by atoms with Gasteiger partial charge in [0.15, 0.2) is 12.6 Å². The molecule has 30 heavy (non-hydrogen) atoms. The van der Waals surface area contributed by atoms with Gasteiger partial charge in [-0.1, -0.05) is 77.6 Å². The fourth-order valence-corrected chi connectivity index (χ4v) is 5.53. The van der Waals surface area contributed by atoms with Crippen molar-refractivity contribution in [1.29, 1.82) is 0 Å². The van der Waals surface area contributed by atoms with Crippen molar-refractivity contribution in [3.63, 3.8) is 0 Å². The monoisotopic (exact) mass is 458 g/mol. The summed E-state index contributed by atoms with van der Waals surface area (Å²) in [5.41, 5.74) is 0. The Morgan fingerprint density at radius 1 is 0.467 bits per heavy atom. The summed E-state index contributed by atoms with van der Waals surface area (Å²) >= 11 is 0. The van der Waals surface area contributed by atoms with Crippen molar-refractivity contribution >= 4 is 19.0 Å². The second kappa shape index (κ2) is 25.5. The molecule has 0 saturated carbocycles. The number of hydrogen-bond acceptors (Lipinski definition) is 4. The predicted molar refractivity (Wildman–Crippen MR) is 131 cm³/mol. The average molecular weight is 459 g/mol. The van der Waals surface area contributed by atoms with Crippen LogP contribution in [-0.2, 0) is 18.9 Å². The lowest BCUT2D eigenvalue weighted by Gasteiger charge is -2.19. The third kappa shape index (κ3) is 21.5. The molecule has 0 aliphatic carbocycles. The van der Waals surface area contributed by atoms with Gasteiger partial charge < -0.3 is 18.9 Å². The smallest absolute Gasteiger partial charge is 0.157 e. The third-order valence-electron chi connectivity index (χ3n) is 4.80. The molecule has 0 aromatic carbocycles. The molecule has 0 spiro atoms. The minimum atomic E-state index is 0.0133. The fourth-order valence-electron chi connectivity index (χ4n) is 2.73. The summed E-state index contributed by atoms with van der Waals surface area (Å²) in [5, 5.41) is 0. The van der Waals surface area contributed by atoms with Crippen LogP contribution in [0.15, 0.2) is 0 Å². The molecule has 0 atom stereocenters. The Hall–Kier alpha value is 0.274. The molecule has 0 aromatic heterocycles. The van der Waals surface area contributed by atoms with Gasteiger partial charge in [0, 0.05) is 45.5 Å². The van der Waals surface area contributed by atoms with Crippen LogP contribution >= 0.6 is 0 Å². The van der Waals surface area contributed by atoms with Crippen LogP contribution in [0.25, 0.3) is 0 Å². The number of ether oxygens (including phenoxy) is 4. The van der Waals surface area contributed by atoms with Crippen molar-refractivity contribution in [3.05, 3.63) is 0 Å². The van der Waals surface area contributed by atoms with Crippen LogP contribution in [0.2, 0.25) is 24.2 Å². The average Bonchev–Trinajstić information content (AvgIpc) is 2.75. The van der Waals surface area contributed by atoms with E-state index in [1.54, 1.807) is 0 Å². The van der Waals surface area contributed by atoms with E-state index in [2.05, 4.69) is 27.7 Å². The SMILES string of the molecule is CCCCOC(CC[Si]CC[Si]CCC(OCCCC)OCCCC)OCCCC.